The molecule has 126 valence electrons. The quantitative estimate of drug-likeness (QED) is 0.766. The van der Waals surface area contributed by atoms with Gasteiger partial charge in [-0.2, -0.15) is 9.78 Å². The Hall–Kier alpha value is -2.73. The van der Waals surface area contributed by atoms with Crippen molar-refractivity contribution < 1.29 is 4.79 Å². The summed E-state index contributed by atoms with van der Waals surface area (Å²) in [7, 11) is 0. The third kappa shape index (κ3) is 2.78. The highest BCUT2D eigenvalue weighted by Gasteiger charge is 2.32. The second kappa shape index (κ2) is 5.97. The molecule has 0 bridgehead atoms. The van der Waals surface area contributed by atoms with Crippen molar-refractivity contribution in [3.05, 3.63) is 63.9 Å². The van der Waals surface area contributed by atoms with Crippen LogP contribution in [0, 0.1) is 13.8 Å². The monoisotopic (exact) mass is 353 g/mol. The number of anilines is 1. The Kier molecular flexibility index (Phi) is 3.77. The minimum Gasteiger partial charge on any atom is -0.310 e. The van der Waals surface area contributed by atoms with E-state index in [1.165, 1.54) is 5.56 Å². The number of halogens is 1. The molecular formula is C18H16ClN5O. The zero-order valence-corrected chi connectivity index (χ0v) is 14.6. The zero-order chi connectivity index (χ0) is 17.6. The van der Waals surface area contributed by atoms with Gasteiger partial charge in [0, 0.05) is 17.9 Å². The molecule has 6 nitrogen and oxygen atoms in total. The zero-order valence-electron chi connectivity index (χ0n) is 13.8. The van der Waals surface area contributed by atoms with Crippen LogP contribution in [-0.4, -0.2) is 25.9 Å². The maximum absolute atomic E-state index is 12.3. The fourth-order valence-corrected chi connectivity index (χ4v) is 3.32. The fourth-order valence-electron chi connectivity index (χ4n) is 3.22. The summed E-state index contributed by atoms with van der Waals surface area (Å²) in [5, 5.41) is 15.8. The van der Waals surface area contributed by atoms with Gasteiger partial charge in [0.05, 0.1) is 5.69 Å². The minimum atomic E-state index is -0.0406. The number of benzene rings is 1. The molecule has 25 heavy (non-hydrogen) atoms. The van der Waals surface area contributed by atoms with E-state index in [1.54, 1.807) is 16.8 Å². The van der Waals surface area contributed by atoms with Gasteiger partial charge in [-0.1, -0.05) is 41.4 Å². The predicted octanol–water partition coefficient (Wildman–Crippen LogP) is 3.41. The number of fused-ring (bicyclic) bond motifs is 1. The van der Waals surface area contributed by atoms with Gasteiger partial charge in [-0.15, -0.1) is 10.2 Å². The lowest BCUT2D eigenvalue weighted by Crippen LogP contribution is -2.25. The summed E-state index contributed by atoms with van der Waals surface area (Å²) in [4.78, 5) is 12.3. The summed E-state index contributed by atoms with van der Waals surface area (Å²) >= 11 is 5.81. The molecular weight excluding hydrogens is 338 g/mol. The molecule has 3 aromatic rings. The second-order valence-corrected chi connectivity index (χ2v) is 6.58. The SMILES string of the molecule is Cc1ccc([C@H]2CC(=O)Nc3c2c(C)nn3-c2ccc(Cl)nn2)cc1. The van der Waals surface area contributed by atoms with Crippen molar-refractivity contribution in [2.45, 2.75) is 26.2 Å². The van der Waals surface area contributed by atoms with E-state index in [4.69, 9.17) is 11.6 Å². The van der Waals surface area contributed by atoms with Crippen molar-refractivity contribution in [3.8, 4) is 5.82 Å². The molecule has 1 aromatic carbocycles. The van der Waals surface area contributed by atoms with Gasteiger partial charge in [0.1, 0.15) is 5.82 Å². The summed E-state index contributed by atoms with van der Waals surface area (Å²) in [6.45, 7) is 3.99. The molecule has 1 amide bonds. The molecule has 0 aliphatic carbocycles. The summed E-state index contributed by atoms with van der Waals surface area (Å²) < 4.78 is 1.62. The highest BCUT2D eigenvalue weighted by molar-refractivity contribution is 6.29. The van der Waals surface area contributed by atoms with Crippen LogP contribution in [0.4, 0.5) is 5.82 Å². The highest BCUT2D eigenvalue weighted by atomic mass is 35.5. The molecule has 3 heterocycles. The largest absolute Gasteiger partial charge is 0.310 e. The van der Waals surface area contributed by atoms with E-state index in [-0.39, 0.29) is 11.8 Å². The topological polar surface area (TPSA) is 72.7 Å². The standard InChI is InChI=1S/C18H16ClN5O/c1-10-3-5-12(6-4-10)13-9-16(25)20-18-17(13)11(2)23-24(18)15-8-7-14(19)21-22-15/h3-8,13H,9H2,1-2H3,(H,20,25)/t13-/m1/s1. The number of nitrogens with one attached hydrogen (secondary N) is 1. The molecule has 1 aliphatic heterocycles. The van der Waals surface area contributed by atoms with Gasteiger partial charge < -0.3 is 5.32 Å². The Bertz CT molecular complexity index is 947. The molecule has 0 unspecified atom stereocenters. The number of carbonyl (C=O) groups excluding carboxylic acids is 1. The van der Waals surface area contributed by atoms with Crippen LogP contribution in [0.1, 0.15) is 34.7 Å². The maximum atomic E-state index is 12.3. The average Bonchev–Trinajstić information content (AvgIpc) is 2.92. The van der Waals surface area contributed by atoms with E-state index in [2.05, 4.69) is 44.9 Å². The number of hydrogen-bond donors (Lipinski definition) is 1. The molecule has 0 saturated carbocycles. The molecule has 1 N–H and O–H groups in total. The fraction of sp³-hybridized carbons (Fsp3) is 0.222. The van der Waals surface area contributed by atoms with Crippen molar-refractivity contribution in [3.63, 3.8) is 0 Å². The van der Waals surface area contributed by atoms with Gasteiger partial charge in [0.2, 0.25) is 5.91 Å². The highest BCUT2D eigenvalue weighted by Crippen LogP contribution is 2.39. The maximum Gasteiger partial charge on any atom is 0.226 e. The van der Waals surface area contributed by atoms with E-state index in [9.17, 15) is 4.79 Å². The first-order chi connectivity index (χ1) is 12.0. The van der Waals surface area contributed by atoms with Crippen LogP contribution in [0.15, 0.2) is 36.4 Å². The van der Waals surface area contributed by atoms with Crippen LogP contribution in [0.2, 0.25) is 5.15 Å². The van der Waals surface area contributed by atoms with Gasteiger partial charge in [-0.05, 0) is 31.5 Å². The molecule has 7 heteroatoms. The minimum absolute atomic E-state index is 0.0293. The van der Waals surface area contributed by atoms with E-state index in [0.29, 0.717) is 23.2 Å². The number of nitrogens with zero attached hydrogens (tertiary/aromatic N) is 4. The van der Waals surface area contributed by atoms with Gasteiger partial charge >= 0.3 is 0 Å². The number of carbonyl (C=O) groups is 1. The molecule has 1 aliphatic rings. The molecule has 0 fully saturated rings. The lowest BCUT2D eigenvalue weighted by atomic mass is 9.85. The van der Waals surface area contributed by atoms with E-state index in [1.807, 2.05) is 13.8 Å². The van der Waals surface area contributed by atoms with Gasteiger partial charge in [0.15, 0.2) is 11.0 Å². The average molecular weight is 354 g/mol. The van der Waals surface area contributed by atoms with Crippen molar-refractivity contribution in [1.82, 2.24) is 20.0 Å². The number of amides is 1. The van der Waals surface area contributed by atoms with Crippen molar-refractivity contribution in [2.75, 3.05) is 5.32 Å². The number of aryl methyl sites for hydroxylation is 2. The Labute approximate surface area is 149 Å². The summed E-state index contributed by atoms with van der Waals surface area (Å²) in [5.41, 5.74) is 4.16. The van der Waals surface area contributed by atoms with E-state index >= 15 is 0 Å². The summed E-state index contributed by atoms with van der Waals surface area (Å²) in [5.74, 6) is 1.09. The molecule has 0 spiro atoms. The van der Waals surface area contributed by atoms with Crippen LogP contribution in [-0.2, 0) is 4.79 Å². The van der Waals surface area contributed by atoms with Crippen LogP contribution in [0.3, 0.4) is 0 Å². The van der Waals surface area contributed by atoms with E-state index < -0.39 is 0 Å². The van der Waals surface area contributed by atoms with Gasteiger partial charge in [-0.25, -0.2) is 0 Å². The lowest BCUT2D eigenvalue weighted by Gasteiger charge is -2.24. The first kappa shape index (κ1) is 15.8. The number of aromatic nitrogens is 4. The summed E-state index contributed by atoms with van der Waals surface area (Å²) in [6, 6.07) is 11.6. The molecule has 1 atom stereocenters. The Morgan fingerprint density at radius 3 is 2.56 bits per heavy atom. The van der Waals surface area contributed by atoms with Crippen LogP contribution in [0.25, 0.3) is 5.82 Å². The first-order valence-corrected chi connectivity index (χ1v) is 8.36. The molecule has 0 saturated heterocycles. The smallest absolute Gasteiger partial charge is 0.226 e. The number of hydrogen-bond acceptors (Lipinski definition) is 4. The molecule has 4 rings (SSSR count). The van der Waals surface area contributed by atoms with Crippen LogP contribution in [0.5, 0.6) is 0 Å². The molecule has 2 aromatic heterocycles. The number of rotatable bonds is 2. The third-order valence-electron chi connectivity index (χ3n) is 4.42. The van der Waals surface area contributed by atoms with Gasteiger partial charge in [-0.3, -0.25) is 4.79 Å². The van der Waals surface area contributed by atoms with Crippen LogP contribution >= 0.6 is 11.6 Å². The Morgan fingerprint density at radius 2 is 1.88 bits per heavy atom. The van der Waals surface area contributed by atoms with Crippen molar-refractivity contribution in [1.29, 1.82) is 0 Å². The van der Waals surface area contributed by atoms with Crippen LogP contribution < -0.4 is 5.32 Å². The first-order valence-electron chi connectivity index (χ1n) is 7.98. The normalized spacial score (nSPS) is 16.4. The Morgan fingerprint density at radius 1 is 1.12 bits per heavy atom. The summed E-state index contributed by atoms with van der Waals surface area (Å²) in [6.07, 6.45) is 0.398. The Balaban J connectivity index is 1.85. The van der Waals surface area contributed by atoms with Crippen molar-refractivity contribution in [2.24, 2.45) is 0 Å². The lowest BCUT2D eigenvalue weighted by molar-refractivity contribution is -0.116. The second-order valence-electron chi connectivity index (χ2n) is 6.19. The predicted molar refractivity (Wildman–Crippen MR) is 95.2 cm³/mol. The van der Waals surface area contributed by atoms with Crippen molar-refractivity contribution >= 4 is 23.3 Å². The molecule has 0 radical (unpaired) electrons. The van der Waals surface area contributed by atoms with Gasteiger partial charge in [0.25, 0.3) is 0 Å². The third-order valence-corrected chi connectivity index (χ3v) is 4.62. The van der Waals surface area contributed by atoms with E-state index in [0.717, 1.165) is 16.8 Å².